The summed E-state index contributed by atoms with van der Waals surface area (Å²) in [6.07, 6.45) is 0.842. The Kier molecular flexibility index (Phi) is 8.28. The number of rotatable bonds is 7. The Morgan fingerprint density at radius 2 is 2.00 bits per heavy atom. The molecule has 0 radical (unpaired) electrons. The normalized spacial score (nSPS) is 13.6. The van der Waals surface area contributed by atoms with Crippen LogP contribution in [-0.2, 0) is 9.53 Å². The Morgan fingerprint density at radius 1 is 1.39 bits per heavy atom. The second kappa shape index (κ2) is 8.85. The maximum Gasteiger partial charge on any atom is 0.408 e. The van der Waals surface area contributed by atoms with Gasteiger partial charge in [-0.25, -0.2) is 4.79 Å². The van der Waals surface area contributed by atoms with Crippen LogP contribution in [0.2, 0.25) is 0 Å². The first-order chi connectivity index (χ1) is 8.38. The van der Waals surface area contributed by atoms with Crippen molar-refractivity contribution >= 4 is 24.6 Å². The predicted molar refractivity (Wildman–Crippen MR) is 74.8 cm³/mol. The van der Waals surface area contributed by atoms with Crippen molar-refractivity contribution in [2.24, 2.45) is 5.92 Å². The molecule has 0 saturated heterocycles. The minimum atomic E-state index is -0.623. The van der Waals surface area contributed by atoms with Crippen LogP contribution in [0.5, 0.6) is 0 Å². The lowest BCUT2D eigenvalue weighted by Crippen LogP contribution is -2.50. The summed E-state index contributed by atoms with van der Waals surface area (Å²) in [5, 5.41) is 5.31. The SMILES string of the molecule is C=CCOC(=O)N[C@H](C(=O)NCC(C)S)C(C)C. The van der Waals surface area contributed by atoms with Crippen LogP contribution in [0, 0.1) is 5.92 Å². The summed E-state index contributed by atoms with van der Waals surface area (Å²) in [7, 11) is 0. The molecule has 0 saturated carbocycles. The lowest BCUT2D eigenvalue weighted by Gasteiger charge is -2.21. The molecule has 1 unspecified atom stereocenters. The highest BCUT2D eigenvalue weighted by molar-refractivity contribution is 7.80. The molecular weight excluding hydrogens is 252 g/mol. The highest BCUT2D eigenvalue weighted by Crippen LogP contribution is 2.03. The van der Waals surface area contributed by atoms with Crippen molar-refractivity contribution in [2.45, 2.75) is 32.1 Å². The van der Waals surface area contributed by atoms with E-state index in [0.29, 0.717) is 6.54 Å². The van der Waals surface area contributed by atoms with Crippen molar-refractivity contribution in [3.8, 4) is 0 Å². The second-order valence-electron chi connectivity index (χ2n) is 4.35. The van der Waals surface area contributed by atoms with E-state index < -0.39 is 12.1 Å². The van der Waals surface area contributed by atoms with Crippen LogP contribution in [0.1, 0.15) is 20.8 Å². The number of thiol groups is 1. The molecule has 0 aliphatic carbocycles. The zero-order chi connectivity index (χ0) is 14.1. The third kappa shape index (κ3) is 7.21. The quantitative estimate of drug-likeness (QED) is 0.485. The van der Waals surface area contributed by atoms with Crippen LogP contribution < -0.4 is 10.6 Å². The Balaban J connectivity index is 4.33. The van der Waals surface area contributed by atoms with Gasteiger partial charge in [0.15, 0.2) is 0 Å². The average molecular weight is 274 g/mol. The van der Waals surface area contributed by atoms with Crippen molar-refractivity contribution in [3.63, 3.8) is 0 Å². The molecule has 18 heavy (non-hydrogen) atoms. The van der Waals surface area contributed by atoms with Gasteiger partial charge in [0.05, 0.1) is 0 Å². The molecule has 2 atom stereocenters. The first-order valence-corrected chi connectivity index (χ1v) is 6.40. The number of nitrogens with one attached hydrogen (secondary N) is 2. The molecule has 0 aliphatic rings. The number of amides is 2. The lowest BCUT2D eigenvalue weighted by atomic mass is 10.0. The number of carbonyl (C=O) groups excluding carboxylic acids is 2. The van der Waals surface area contributed by atoms with Crippen LogP contribution in [0.25, 0.3) is 0 Å². The van der Waals surface area contributed by atoms with E-state index in [0.717, 1.165) is 0 Å². The molecule has 0 bridgehead atoms. The van der Waals surface area contributed by atoms with Gasteiger partial charge in [-0.3, -0.25) is 4.79 Å². The molecule has 0 aromatic heterocycles. The van der Waals surface area contributed by atoms with Gasteiger partial charge in [0.25, 0.3) is 0 Å². The van der Waals surface area contributed by atoms with E-state index in [1.54, 1.807) is 0 Å². The summed E-state index contributed by atoms with van der Waals surface area (Å²) in [4.78, 5) is 23.2. The van der Waals surface area contributed by atoms with Crippen molar-refractivity contribution in [3.05, 3.63) is 12.7 Å². The number of alkyl carbamates (subject to hydrolysis) is 1. The van der Waals surface area contributed by atoms with E-state index in [4.69, 9.17) is 4.74 Å². The Hall–Kier alpha value is -1.17. The van der Waals surface area contributed by atoms with Crippen molar-refractivity contribution in [1.29, 1.82) is 0 Å². The standard InChI is InChI=1S/C12H22N2O3S/c1-5-6-17-12(16)14-10(8(2)3)11(15)13-7-9(4)18/h5,8-10,18H,1,6-7H2,2-4H3,(H,13,15)(H,14,16)/t9?,10-/m0/s1. The molecule has 104 valence electrons. The van der Waals surface area contributed by atoms with E-state index >= 15 is 0 Å². The van der Waals surface area contributed by atoms with Crippen LogP contribution >= 0.6 is 12.6 Å². The van der Waals surface area contributed by atoms with Gasteiger partial charge in [-0.05, 0) is 5.92 Å². The Bertz CT molecular complexity index is 293. The summed E-state index contributed by atoms with van der Waals surface area (Å²) in [6.45, 7) is 9.58. The highest BCUT2D eigenvalue weighted by Gasteiger charge is 2.24. The van der Waals surface area contributed by atoms with E-state index in [9.17, 15) is 9.59 Å². The van der Waals surface area contributed by atoms with E-state index in [-0.39, 0.29) is 23.7 Å². The summed E-state index contributed by atoms with van der Waals surface area (Å²) < 4.78 is 4.78. The third-order valence-electron chi connectivity index (χ3n) is 2.13. The summed E-state index contributed by atoms with van der Waals surface area (Å²) >= 11 is 4.17. The molecule has 0 aromatic carbocycles. The van der Waals surface area contributed by atoms with Crippen LogP contribution in [-0.4, -0.2) is 36.4 Å². The van der Waals surface area contributed by atoms with Gasteiger partial charge < -0.3 is 15.4 Å². The zero-order valence-corrected chi connectivity index (χ0v) is 12.0. The van der Waals surface area contributed by atoms with Gasteiger partial charge in [0.2, 0.25) is 5.91 Å². The molecule has 5 nitrogen and oxygen atoms in total. The summed E-state index contributed by atoms with van der Waals surface area (Å²) in [6, 6.07) is -0.616. The first-order valence-electron chi connectivity index (χ1n) is 5.88. The number of hydrogen-bond donors (Lipinski definition) is 3. The van der Waals surface area contributed by atoms with Crippen LogP contribution in [0.15, 0.2) is 12.7 Å². The third-order valence-corrected chi connectivity index (χ3v) is 2.31. The first kappa shape index (κ1) is 16.8. The number of hydrogen-bond acceptors (Lipinski definition) is 4. The molecule has 6 heteroatoms. The molecule has 0 fully saturated rings. The molecule has 0 spiro atoms. The molecule has 0 heterocycles. The monoisotopic (exact) mass is 274 g/mol. The molecule has 2 amide bonds. The largest absolute Gasteiger partial charge is 0.445 e. The fourth-order valence-corrected chi connectivity index (χ4v) is 1.29. The number of carbonyl (C=O) groups is 2. The van der Waals surface area contributed by atoms with Crippen LogP contribution in [0.4, 0.5) is 4.79 Å². The Labute approximate surface area is 114 Å². The zero-order valence-electron chi connectivity index (χ0n) is 11.1. The molecule has 0 aromatic rings. The van der Waals surface area contributed by atoms with Gasteiger partial charge in [0.1, 0.15) is 12.6 Å². The molecule has 2 N–H and O–H groups in total. The van der Waals surface area contributed by atoms with E-state index in [2.05, 4.69) is 29.8 Å². The van der Waals surface area contributed by atoms with Gasteiger partial charge >= 0.3 is 6.09 Å². The van der Waals surface area contributed by atoms with Gasteiger partial charge in [-0.1, -0.05) is 33.4 Å². The van der Waals surface area contributed by atoms with Gasteiger partial charge in [0, 0.05) is 11.8 Å². The van der Waals surface area contributed by atoms with E-state index in [1.807, 2.05) is 20.8 Å². The summed E-state index contributed by atoms with van der Waals surface area (Å²) in [5.41, 5.74) is 0. The fourth-order valence-electron chi connectivity index (χ4n) is 1.20. The molecule has 0 aliphatic heterocycles. The van der Waals surface area contributed by atoms with E-state index in [1.165, 1.54) is 6.08 Å². The maximum absolute atomic E-state index is 11.9. The average Bonchev–Trinajstić information content (AvgIpc) is 2.29. The van der Waals surface area contributed by atoms with Crippen LogP contribution in [0.3, 0.4) is 0 Å². The predicted octanol–water partition coefficient (Wildman–Crippen LogP) is 1.36. The minimum absolute atomic E-state index is 0.0310. The van der Waals surface area contributed by atoms with Gasteiger partial charge in [-0.2, -0.15) is 12.6 Å². The Morgan fingerprint density at radius 3 is 2.44 bits per heavy atom. The summed E-state index contributed by atoms with van der Waals surface area (Å²) in [5.74, 6) is -0.266. The maximum atomic E-state index is 11.9. The smallest absolute Gasteiger partial charge is 0.408 e. The van der Waals surface area contributed by atoms with Crippen molar-refractivity contribution in [1.82, 2.24) is 10.6 Å². The number of ether oxygens (including phenoxy) is 1. The van der Waals surface area contributed by atoms with Gasteiger partial charge in [-0.15, -0.1) is 0 Å². The lowest BCUT2D eigenvalue weighted by molar-refractivity contribution is -0.124. The molecule has 0 rings (SSSR count). The second-order valence-corrected chi connectivity index (χ2v) is 5.23. The highest BCUT2D eigenvalue weighted by atomic mass is 32.1. The topological polar surface area (TPSA) is 67.4 Å². The van der Waals surface area contributed by atoms with Crippen molar-refractivity contribution < 1.29 is 14.3 Å². The fraction of sp³-hybridized carbons (Fsp3) is 0.667. The molecular formula is C12H22N2O3S. The minimum Gasteiger partial charge on any atom is -0.445 e. The van der Waals surface area contributed by atoms with Crippen molar-refractivity contribution in [2.75, 3.05) is 13.2 Å².